The van der Waals surface area contributed by atoms with Crippen LogP contribution < -0.4 is 5.32 Å². The Kier molecular flexibility index (Phi) is 5.33. The van der Waals surface area contributed by atoms with Crippen LogP contribution in [0.15, 0.2) is 86.4 Å². The number of thiocarbonyl (C=S) groups is 1. The van der Waals surface area contributed by atoms with E-state index in [1.54, 1.807) is 18.5 Å². The molecule has 8 heteroatoms. The maximum Gasteiger partial charge on any atom is 0.170 e. The summed E-state index contributed by atoms with van der Waals surface area (Å²) in [6, 6.07) is 17.5. The highest BCUT2D eigenvalue weighted by Crippen LogP contribution is 2.42. The van der Waals surface area contributed by atoms with E-state index in [1.807, 2.05) is 47.4 Å². The van der Waals surface area contributed by atoms with Crippen LogP contribution >= 0.6 is 28.1 Å². The highest BCUT2D eigenvalue weighted by atomic mass is 79.9. The summed E-state index contributed by atoms with van der Waals surface area (Å²) in [6.45, 7) is 0.489. The van der Waals surface area contributed by atoms with Gasteiger partial charge in [0.05, 0.1) is 24.5 Å². The lowest BCUT2D eigenvalue weighted by atomic mass is 10.0. The van der Waals surface area contributed by atoms with Gasteiger partial charge in [0.2, 0.25) is 0 Å². The molecule has 1 aliphatic heterocycles. The second kappa shape index (κ2) is 8.28. The van der Waals surface area contributed by atoms with Crippen LogP contribution in [-0.2, 0) is 6.54 Å². The third kappa shape index (κ3) is 3.88. The fraction of sp³-hybridized carbons (Fsp3) is 0.130. The molecule has 0 unspecified atom stereocenters. The molecule has 31 heavy (non-hydrogen) atoms. The average Bonchev–Trinajstić information content (AvgIpc) is 3.51. The number of hydrogen-bond acceptors (Lipinski definition) is 4. The van der Waals surface area contributed by atoms with Crippen molar-refractivity contribution in [3.05, 3.63) is 101 Å². The van der Waals surface area contributed by atoms with E-state index in [0.29, 0.717) is 21.9 Å². The van der Waals surface area contributed by atoms with Gasteiger partial charge in [-0.25, -0.2) is 4.39 Å². The standard InChI is InChI=1S/C23H17BrFN3O2S/c24-17-12-14(25)6-7-16(17)19-8-9-20(30-19)22-21(18-5-1-2-10-26-18)27-23(31)28(22)13-15-4-3-11-29-15/h1-12,21-22H,13H2,(H,27,31)/t21-,22-/m1/s1. The van der Waals surface area contributed by atoms with Gasteiger partial charge < -0.3 is 19.1 Å². The van der Waals surface area contributed by atoms with Crippen LogP contribution in [0.3, 0.4) is 0 Å². The van der Waals surface area contributed by atoms with E-state index in [2.05, 4.69) is 26.2 Å². The van der Waals surface area contributed by atoms with E-state index in [1.165, 1.54) is 12.1 Å². The number of halogens is 2. The Morgan fingerprint density at radius 1 is 1.13 bits per heavy atom. The topological polar surface area (TPSA) is 54.4 Å². The molecule has 1 saturated heterocycles. The molecule has 3 aromatic heterocycles. The molecule has 0 bridgehead atoms. The summed E-state index contributed by atoms with van der Waals surface area (Å²) < 4.78 is 26.0. The van der Waals surface area contributed by atoms with Gasteiger partial charge in [-0.2, -0.15) is 0 Å². The number of furan rings is 2. The number of hydrogen-bond donors (Lipinski definition) is 1. The number of nitrogens with zero attached hydrogens (tertiary/aromatic N) is 2. The molecule has 0 radical (unpaired) electrons. The van der Waals surface area contributed by atoms with Gasteiger partial charge in [0.25, 0.3) is 0 Å². The summed E-state index contributed by atoms with van der Waals surface area (Å²) in [5.74, 6) is 1.84. The predicted octanol–water partition coefficient (Wildman–Crippen LogP) is 6.01. The van der Waals surface area contributed by atoms with Crippen LogP contribution in [0.5, 0.6) is 0 Å². The maximum atomic E-state index is 13.5. The van der Waals surface area contributed by atoms with Gasteiger partial charge in [-0.1, -0.05) is 6.07 Å². The molecule has 0 spiro atoms. The lowest BCUT2D eigenvalue weighted by molar-refractivity contribution is 0.253. The normalized spacial score (nSPS) is 18.4. The van der Waals surface area contributed by atoms with Crippen molar-refractivity contribution in [2.24, 2.45) is 0 Å². The van der Waals surface area contributed by atoms with Crippen LogP contribution in [0.1, 0.15) is 29.3 Å². The van der Waals surface area contributed by atoms with E-state index in [4.69, 9.17) is 21.1 Å². The summed E-state index contributed by atoms with van der Waals surface area (Å²) in [4.78, 5) is 6.57. The van der Waals surface area contributed by atoms with Crippen molar-refractivity contribution in [1.29, 1.82) is 0 Å². The molecule has 4 heterocycles. The highest BCUT2D eigenvalue weighted by Gasteiger charge is 2.42. The Bertz CT molecular complexity index is 1210. The SMILES string of the molecule is Fc1ccc(-c2ccc([C@@H]3[C@@H](c4ccccn4)NC(=S)N3Cc3ccco3)o2)c(Br)c1. The molecule has 1 N–H and O–H groups in total. The van der Waals surface area contributed by atoms with Crippen molar-refractivity contribution >= 4 is 33.3 Å². The molecule has 1 aromatic carbocycles. The molecule has 0 aliphatic carbocycles. The van der Waals surface area contributed by atoms with Crippen LogP contribution in [0.4, 0.5) is 4.39 Å². The quantitative estimate of drug-likeness (QED) is 0.340. The zero-order valence-electron chi connectivity index (χ0n) is 16.2. The third-order valence-electron chi connectivity index (χ3n) is 5.22. The molecule has 1 aliphatic rings. The molecule has 0 saturated carbocycles. The molecular weight excluding hydrogens is 481 g/mol. The average molecular weight is 498 g/mol. The van der Waals surface area contributed by atoms with Gasteiger partial charge in [0, 0.05) is 16.2 Å². The zero-order chi connectivity index (χ0) is 21.4. The maximum absolute atomic E-state index is 13.5. The van der Waals surface area contributed by atoms with Crippen molar-refractivity contribution in [2.75, 3.05) is 0 Å². The Morgan fingerprint density at radius 3 is 2.77 bits per heavy atom. The molecule has 1 fully saturated rings. The molecule has 156 valence electrons. The number of aromatic nitrogens is 1. The second-order valence-corrected chi connectivity index (χ2v) is 8.40. The van der Waals surface area contributed by atoms with E-state index in [-0.39, 0.29) is 17.9 Å². The molecule has 4 aromatic rings. The Morgan fingerprint density at radius 2 is 2.03 bits per heavy atom. The predicted molar refractivity (Wildman–Crippen MR) is 122 cm³/mol. The minimum Gasteiger partial charge on any atom is -0.467 e. The minimum absolute atomic E-state index is 0.195. The van der Waals surface area contributed by atoms with Crippen LogP contribution in [0.2, 0.25) is 0 Å². The van der Waals surface area contributed by atoms with Crippen molar-refractivity contribution < 1.29 is 13.2 Å². The minimum atomic E-state index is -0.312. The molecule has 0 amide bonds. The molecular formula is C23H17BrFN3O2S. The van der Waals surface area contributed by atoms with Gasteiger partial charge >= 0.3 is 0 Å². The van der Waals surface area contributed by atoms with Crippen molar-refractivity contribution in [2.45, 2.75) is 18.6 Å². The lowest BCUT2D eigenvalue weighted by Crippen LogP contribution is -2.28. The van der Waals surface area contributed by atoms with Crippen molar-refractivity contribution in [3.63, 3.8) is 0 Å². The van der Waals surface area contributed by atoms with Gasteiger partial charge in [-0.15, -0.1) is 0 Å². The molecule has 2 atom stereocenters. The summed E-state index contributed by atoms with van der Waals surface area (Å²) in [6.07, 6.45) is 3.40. The molecule has 5 rings (SSSR count). The highest BCUT2D eigenvalue weighted by molar-refractivity contribution is 9.10. The van der Waals surface area contributed by atoms with Crippen LogP contribution in [-0.4, -0.2) is 15.0 Å². The monoisotopic (exact) mass is 497 g/mol. The first-order valence-electron chi connectivity index (χ1n) is 9.66. The van der Waals surface area contributed by atoms with E-state index >= 15 is 0 Å². The summed E-state index contributed by atoms with van der Waals surface area (Å²) in [7, 11) is 0. The number of pyridine rings is 1. The Hall–Kier alpha value is -2.97. The smallest absolute Gasteiger partial charge is 0.170 e. The largest absolute Gasteiger partial charge is 0.467 e. The number of nitrogens with one attached hydrogen (secondary N) is 1. The van der Waals surface area contributed by atoms with Gasteiger partial charge in [0.15, 0.2) is 5.11 Å². The summed E-state index contributed by atoms with van der Waals surface area (Å²) >= 11 is 9.08. The van der Waals surface area contributed by atoms with E-state index < -0.39 is 0 Å². The fourth-order valence-corrected chi connectivity index (χ4v) is 4.65. The van der Waals surface area contributed by atoms with Crippen molar-refractivity contribution in [3.8, 4) is 11.3 Å². The summed E-state index contributed by atoms with van der Waals surface area (Å²) in [5, 5.41) is 3.98. The summed E-state index contributed by atoms with van der Waals surface area (Å²) in [5.41, 5.74) is 1.63. The zero-order valence-corrected chi connectivity index (χ0v) is 18.6. The Labute approximate surface area is 192 Å². The number of benzene rings is 1. The van der Waals surface area contributed by atoms with Crippen LogP contribution in [0, 0.1) is 5.82 Å². The van der Waals surface area contributed by atoms with E-state index in [0.717, 1.165) is 22.8 Å². The second-order valence-electron chi connectivity index (χ2n) is 7.16. The van der Waals surface area contributed by atoms with Crippen LogP contribution in [0.25, 0.3) is 11.3 Å². The molecule has 5 nitrogen and oxygen atoms in total. The lowest BCUT2D eigenvalue weighted by Gasteiger charge is -2.25. The fourth-order valence-electron chi connectivity index (χ4n) is 3.80. The first-order chi connectivity index (χ1) is 15.1. The van der Waals surface area contributed by atoms with Gasteiger partial charge in [-0.05, 0) is 82.7 Å². The third-order valence-corrected chi connectivity index (χ3v) is 6.23. The first-order valence-corrected chi connectivity index (χ1v) is 10.9. The number of rotatable bonds is 5. The van der Waals surface area contributed by atoms with E-state index in [9.17, 15) is 4.39 Å². The van der Waals surface area contributed by atoms with Gasteiger partial charge in [-0.3, -0.25) is 4.98 Å². The first kappa shape index (κ1) is 20.0. The van der Waals surface area contributed by atoms with Crippen molar-refractivity contribution in [1.82, 2.24) is 15.2 Å². The Balaban J connectivity index is 1.55. The van der Waals surface area contributed by atoms with Gasteiger partial charge in [0.1, 0.15) is 29.1 Å².